The SMILES string of the molecule is FC1CCN(c2ncccc2SS)C1. The minimum atomic E-state index is -0.713. The highest BCUT2D eigenvalue weighted by Crippen LogP contribution is 2.32. The van der Waals surface area contributed by atoms with E-state index in [1.165, 1.54) is 10.8 Å². The lowest BCUT2D eigenvalue weighted by Gasteiger charge is -2.18. The molecule has 14 heavy (non-hydrogen) atoms. The zero-order chi connectivity index (χ0) is 9.97. The summed E-state index contributed by atoms with van der Waals surface area (Å²) in [5.74, 6) is 0.854. The fraction of sp³-hybridized carbons (Fsp3) is 0.444. The number of aromatic nitrogens is 1. The van der Waals surface area contributed by atoms with Gasteiger partial charge in [-0.1, -0.05) is 10.8 Å². The Morgan fingerprint density at radius 3 is 3.14 bits per heavy atom. The highest BCUT2D eigenvalue weighted by Gasteiger charge is 2.24. The van der Waals surface area contributed by atoms with Crippen LogP contribution in [0.2, 0.25) is 0 Å². The second-order valence-electron chi connectivity index (χ2n) is 3.25. The van der Waals surface area contributed by atoms with E-state index in [0.29, 0.717) is 13.0 Å². The van der Waals surface area contributed by atoms with E-state index >= 15 is 0 Å². The van der Waals surface area contributed by atoms with Crippen molar-refractivity contribution >= 4 is 28.3 Å². The fourth-order valence-corrected chi connectivity index (χ4v) is 2.43. The van der Waals surface area contributed by atoms with Gasteiger partial charge in [-0.15, -0.1) is 11.7 Å². The van der Waals surface area contributed by atoms with Gasteiger partial charge >= 0.3 is 0 Å². The normalized spacial score (nSPS) is 21.6. The van der Waals surface area contributed by atoms with Crippen molar-refractivity contribution in [2.75, 3.05) is 18.0 Å². The molecule has 1 saturated heterocycles. The maximum absolute atomic E-state index is 13.0. The molecule has 0 spiro atoms. The number of hydrogen-bond acceptors (Lipinski definition) is 4. The number of nitrogens with zero attached hydrogens (tertiary/aromatic N) is 2. The molecule has 0 aromatic carbocycles. The van der Waals surface area contributed by atoms with E-state index in [9.17, 15) is 4.39 Å². The molecule has 0 N–H and O–H groups in total. The van der Waals surface area contributed by atoms with Gasteiger partial charge < -0.3 is 4.90 Å². The summed E-state index contributed by atoms with van der Waals surface area (Å²) in [7, 11) is 1.35. The Labute approximate surface area is 91.7 Å². The number of halogens is 1. The van der Waals surface area contributed by atoms with Crippen molar-refractivity contribution in [2.24, 2.45) is 0 Å². The first kappa shape index (κ1) is 10.1. The Morgan fingerprint density at radius 1 is 1.64 bits per heavy atom. The van der Waals surface area contributed by atoms with E-state index in [1.807, 2.05) is 17.0 Å². The van der Waals surface area contributed by atoms with Crippen molar-refractivity contribution in [1.29, 1.82) is 0 Å². The molecular weight excluding hydrogens is 219 g/mol. The number of anilines is 1. The van der Waals surface area contributed by atoms with Gasteiger partial charge in [-0.2, -0.15) is 0 Å². The predicted octanol–water partition coefficient (Wildman–Crippen LogP) is 2.57. The largest absolute Gasteiger partial charge is 0.353 e. The zero-order valence-electron chi connectivity index (χ0n) is 7.56. The topological polar surface area (TPSA) is 16.1 Å². The fourth-order valence-electron chi connectivity index (χ4n) is 1.60. The molecule has 2 rings (SSSR count). The van der Waals surface area contributed by atoms with Crippen LogP contribution in [0.5, 0.6) is 0 Å². The van der Waals surface area contributed by atoms with Crippen LogP contribution in [0.15, 0.2) is 23.2 Å². The molecule has 1 atom stereocenters. The molecule has 1 unspecified atom stereocenters. The van der Waals surface area contributed by atoms with Gasteiger partial charge in [0.05, 0.1) is 11.4 Å². The summed E-state index contributed by atoms with van der Waals surface area (Å²) in [6.45, 7) is 1.21. The Hall–Kier alpha value is -0.420. The quantitative estimate of drug-likeness (QED) is 0.621. The van der Waals surface area contributed by atoms with Gasteiger partial charge in [0, 0.05) is 12.7 Å². The van der Waals surface area contributed by atoms with E-state index in [0.717, 1.165) is 17.3 Å². The summed E-state index contributed by atoms with van der Waals surface area (Å²) in [4.78, 5) is 7.22. The Morgan fingerprint density at radius 2 is 2.50 bits per heavy atom. The maximum atomic E-state index is 13.0. The van der Waals surface area contributed by atoms with Crippen LogP contribution in [0.4, 0.5) is 10.2 Å². The smallest absolute Gasteiger partial charge is 0.143 e. The molecule has 2 nitrogen and oxygen atoms in total. The van der Waals surface area contributed by atoms with Crippen LogP contribution in [-0.4, -0.2) is 24.2 Å². The standard InChI is InChI=1S/C9H11FN2S2/c10-7-3-5-12(6-7)9-8(14-13)2-1-4-11-9/h1-2,4,7,13H,3,5-6H2. The third-order valence-corrected chi connectivity index (χ3v) is 3.38. The van der Waals surface area contributed by atoms with Gasteiger partial charge in [-0.25, -0.2) is 9.37 Å². The first-order valence-corrected chi connectivity index (χ1v) is 6.33. The minimum absolute atomic E-state index is 0.457. The lowest BCUT2D eigenvalue weighted by atomic mass is 10.3. The molecule has 0 saturated carbocycles. The van der Waals surface area contributed by atoms with E-state index in [1.54, 1.807) is 6.20 Å². The average molecular weight is 230 g/mol. The van der Waals surface area contributed by atoms with E-state index < -0.39 is 6.17 Å². The van der Waals surface area contributed by atoms with Crippen molar-refractivity contribution < 1.29 is 4.39 Å². The molecular formula is C9H11FN2S2. The lowest BCUT2D eigenvalue weighted by Crippen LogP contribution is -2.21. The van der Waals surface area contributed by atoms with Gasteiger partial charge in [-0.05, 0) is 18.6 Å². The molecule has 5 heteroatoms. The summed E-state index contributed by atoms with van der Waals surface area (Å²) < 4.78 is 13.0. The Kier molecular flexibility index (Phi) is 3.18. The molecule has 0 aliphatic carbocycles. The third kappa shape index (κ3) is 1.98. The van der Waals surface area contributed by atoms with Crippen LogP contribution in [0.1, 0.15) is 6.42 Å². The van der Waals surface area contributed by atoms with Gasteiger partial charge in [0.25, 0.3) is 0 Å². The van der Waals surface area contributed by atoms with Crippen LogP contribution >= 0.6 is 22.5 Å². The number of rotatable bonds is 2. The van der Waals surface area contributed by atoms with Crippen molar-refractivity contribution in [2.45, 2.75) is 17.5 Å². The Balaban J connectivity index is 2.22. The molecule has 0 radical (unpaired) electrons. The lowest BCUT2D eigenvalue weighted by molar-refractivity contribution is 0.364. The summed E-state index contributed by atoms with van der Waals surface area (Å²) >= 11 is 4.15. The molecule has 2 heterocycles. The van der Waals surface area contributed by atoms with Gasteiger partial charge in [0.1, 0.15) is 12.0 Å². The maximum Gasteiger partial charge on any atom is 0.143 e. The number of pyridine rings is 1. The average Bonchev–Trinajstić information content (AvgIpc) is 2.65. The summed E-state index contributed by atoms with van der Waals surface area (Å²) in [5, 5.41) is 0. The van der Waals surface area contributed by atoms with Crippen LogP contribution in [-0.2, 0) is 0 Å². The second kappa shape index (κ2) is 4.40. The van der Waals surface area contributed by atoms with Crippen LogP contribution < -0.4 is 4.90 Å². The van der Waals surface area contributed by atoms with Crippen molar-refractivity contribution in [3.8, 4) is 0 Å². The van der Waals surface area contributed by atoms with Crippen LogP contribution in [0.25, 0.3) is 0 Å². The highest BCUT2D eigenvalue weighted by molar-refractivity contribution is 8.68. The second-order valence-corrected chi connectivity index (χ2v) is 4.42. The first-order chi connectivity index (χ1) is 6.81. The molecule has 1 aliphatic heterocycles. The molecule has 1 aromatic heterocycles. The zero-order valence-corrected chi connectivity index (χ0v) is 9.27. The monoisotopic (exact) mass is 230 g/mol. The highest BCUT2D eigenvalue weighted by atomic mass is 33.1. The molecule has 1 fully saturated rings. The number of thiol groups is 1. The van der Waals surface area contributed by atoms with Gasteiger partial charge in [0.2, 0.25) is 0 Å². The molecule has 76 valence electrons. The van der Waals surface area contributed by atoms with E-state index in [2.05, 4.69) is 16.6 Å². The molecule has 1 aliphatic rings. The molecule has 0 bridgehead atoms. The summed E-state index contributed by atoms with van der Waals surface area (Å²) in [6.07, 6.45) is 1.62. The van der Waals surface area contributed by atoms with Gasteiger partial charge in [0.15, 0.2) is 0 Å². The number of alkyl halides is 1. The van der Waals surface area contributed by atoms with Crippen molar-refractivity contribution in [3.05, 3.63) is 18.3 Å². The van der Waals surface area contributed by atoms with E-state index in [-0.39, 0.29) is 0 Å². The Bertz CT molecular complexity index is 321. The first-order valence-electron chi connectivity index (χ1n) is 4.46. The summed E-state index contributed by atoms with van der Waals surface area (Å²) in [6, 6.07) is 3.82. The van der Waals surface area contributed by atoms with Crippen LogP contribution in [0, 0.1) is 0 Å². The summed E-state index contributed by atoms with van der Waals surface area (Å²) in [5.41, 5.74) is 0. The predicted molar refractivity (Wildman–Crippen MR) is 60.8 cm³/mol. The molecule has 0 amide bonds. The molecule has 1 aromatic rings. The van der Waals surface area contributed by atoms with Crippen molar-refractivity contribution in [3.63, 3.8) is 0 Å². The van der Waals surface area contributed by atoms with Gasteiger partial charge in [-0.3, -0.25) is 0 Å². The van der Waals surface area contributed by atoms with E-state index in [4.69, 9.17) is 0 Å². The van der Waals surface area contributed by atoms with Crippen LogP contribution in [0.3, 0.4) is 0 Å². The third-order valence-electron chi connectivity index (χ3n) is 2.28. The number of hydrogen-bond donors (Lipinski definition) is 1. The minimum Gasteiger partial charge on any atom is -0.353 e. The van der Waals surface area contributed by atoms with Crippen molar-refractivity contribution in [1.82, 2.24) is 4.98 Å².